The van der Waals surface area contributed by atoms with Gasteiger partial charge < -0.3 is 5.11 Å². The normalized spacial score (nSPS) is 32.4. The van der Waals surface area contributed by atoms with Crippen molar-refractivity contribution in [1.29, 1.82) is 5.26 Å². The molecule has 1 N–H and O–H groups in total. The summed E-state index contributed by atoms with van der Waals surface area (Å²) in [6.45, 7) is 0. The Bertz CT molecular complexity index is 168. The smallest absolute Gasteiger partial charge is 0.0960 e. The lowest BCUT2D eigenvalue weighted by molar-refractivity contribution is 0.0961. The first-order valence-electron chi connectivity index (χ1n) is 3.04. The van der Waals surface area contributed by atoms with Crippen LogP contribution in [0.2, 0.25) is 0 Å². The predicted octanol–water partition coefficient (Wildman–Crippen LogP) is 0.981. The molecule has 0 aromatic heterocycles. The highest BCUT2D eigenvalue weighted by molar-refractivity contribution is 5.11. The number of nitriles is 1. The second-order valence-corrected chi connectivity index (χ2v) is 2.38. The molecule has 48 valence electrons. The molecule has 0 spiro atoms. The van der Waals surface area contributed by atoms with Gasteiger partial charge in [-0.2, -0.15) is 5.26 Å². The molecule has 1 aliphatic rings. The molecule has 0 aromatic carbocycles. The zero-order chi connectivity index (χ0) is 6.74. The van der Waals surface area contributed by atoms with Crippen molar-refractivity contribution in [3.8, 4) is 6.07 Å². The predicted molar refractivity (Wildman–Crippen MR) is 33.6 cm³/mol. The van der Waals surface area contributed by atoms with Crippen molar-refractivity contribution in [2.75, 3.05) is 0 Å². The Balaban J connectivity index is 2.54. The summed E-state index contributed by atoms with van der Waals surface area (Å²) in [5, 5.41) is 17.6. The van der Waals surface area contributed by atoms with E-state index in [4.69, 9.17) is 5.26 Å². The average molecular weight is 123 g/mol. The summed E-state index contributed by atoms with van der Waals surface area (Å²) < 4.78 is 0. The SMILES string of the molecule is N#CCC1(O)C=CCC1. The van der Waals surface area contributed by atoms with Gasteiger partial charge >= 0.3 is 0 Å². The Hall–Kier alpha value is -0.810. The van der Waals surface area contributed by atoms with Gasteiger partial charge in [-0.25, -0.2) is 0 Å². The van der Waals surface area contributed by atoms with Crippen LogP contribution in [0.1, 0.15) is 19.3 Å². The van der Waals surface area contributed by atoms with Crippen molar-refractivity contribution in [3.63, 3.8) is 0 Å². The number of aliphatic hydroxyl groups is 1. The molecule has 0 radical (unpaired) electrons. The molecule has 1 unspecified atom stereocenters. The van der Waals surface area contributed by atoms with E-state index in [-0.39, 0.29) is 6.42 Å². The quantitative estimate of drug-likeness (QED) is 0.528. The van der Waals surface area contributed by atoms with E-state index in [0.717, 1.165) is 6.42 Å². The molecule has 0 bridgehead atoms. The van der Waals surface area contributed by atoms with E-state index in [2.05, 4.69) is 0 Å². The maximum Gasteiger partial charge on any atom is 0.0960 e. The third-order valence-electron chi connectivity index (χ3n) is 1.56. The number of allylic oxidation sites excluding steroid dienone is 1. The van der Waals surface area contributed by atoms with Gasteiger partial charge in [0.15, 0.2) is 0 Å². The fourth-order valence-electron chi connectivity index (χ4n) is 1.00. The average Bonchev–Trinajstić information content (AvgIpc) is 2.16. The molecule has 9 heavy (non-hydrogen) atoms. The molecule has 1 aliphatic carbocycles. The Morgan fingerprint density at radius 3 is 3.00 bits per heavy atom. The molecule has 0 saturated heterocycles. The first kappa shape index (κ1) is 6.31. The summed E-state index contributed by atoms with van der Waals surface area (Å²) in [4.78, 5) is 0. The van der Waals surface area contributed by atoms with Crippen LogP contribution in [0.4, 0.5) is 0 Å². The molecular formula is C7H9NO. The maximum absolute atomic E-state index is 9.38. The fourth-order valence-corrected chi connectivity index (χ4v) is 1.00. The summed E-state index contributed by atoms with van der Waals surface area (Å²) >= 11 is 0. The van der Waals surface area contributed by atoms with Crippen LogP contribution in [-0.2, 0) is 0 Å². The summed E-state index contributed by atoms with van der Waals surface area (Å²) in [6, 6.07) is 1.95. The maximum atomic E-state index is 9.38. The van der Waals surface area contributed by atoms with E-state index in [1.165, 1.54) is 0 Å². The summed E-state index contributed by atoms with van der Waals surface area (Å²) in [5.41, 5.74) is -0.797. The molecule has 0 aromatic rings. The van der Waals surface area contributed by atoms with Crippen LogP contribution in [0, 0.1) is 11.3 Å². The van der Waals surface area contributed by atoms with Crippen LogP contribution in [-0.4, -0.2) is 10.7 Å². The molecule has 0 heterocycles. The number of hydrogen-bond acceptors (Lipinski definition) is 2. The monoisotopic (exact) mass is 123 g/mol. The van der Waals surface area contributed by atoms with Crippen LogP contribution < -0.4 is 0 Å². The minimum Gasteiger partial charge on any atom is -0.385 e. The van der Waals surface area contributed by atoms with Gasteiger partial charge in [0.05, 0.1) is 18.1 Å². The van der Waals surface area contributed by atoms with Crippen LogP contribution in [0.15, 0.2) is 12.2 Å². The first-order chi connectivity index (χ1) is 4.27. The molecule has 0 saturated carbocycles. The topological polar surface area (TPSA) is 44.0 Å². The minimum absolute atomic E-state index is 0.226. The Kier molecular flexibility index (Phi) is 1.54. The second-order valence-electron chi connectivity index (χ2n) is 2.38. The molecule has 0 amide bonds. The van der Waals surface area contributed by atoms with E-state index in [0.29, 0.717) is 6.42 Å². The van der Waals surface area contributed by atoms with Gasteiger partial charge in [-0.1, -0.05) is 12.2 Å². The third kappa shape index (κ3) is 1.30. The van der Waals surface area contributed by atoms with Gasteiger partial charge in [0.2, 0.25) is 0 Å². The zero-order valence-electron chi connectivity index (χ0n) is 5.17. The molecule has 2 nitrogen and oxygen atoms in total. The zero-order valence-corrected chi connectivity index (χ0v) is 5.17. The van der Waals surface area contributed by atoms with Gasteiger partial charge in [-0.15, -0.1) is 0 Å². The summed E-state index contributed by atoms with van der Waals surface area (Å²) in [7, 11) is 0. The first-order valence-corrected chi connectivity index (χ1v) is 3.04. The van der Waals surface area contributed by atoms with Crippen LogP contribution >= 0.6 is 0 Å². The van der Waals surface area contributed by atoms with Gasteiger partial charge in [0.1, 0.15) is 0 Å². The van der Waals surface area contributed by atoms with Crippen molar-refractivity contribution >= 4 is 0 Å². The van der Waals surface area contributed by atoms with Crippen LogP contribution in [0.3, 0.4) is 0 Å². The van der Waals surface area contributed by atoms with Crippen molar-refractivity contribution in [3.05, 3.63) is 12.2 Å². The van der Waals surface area contributed by atoms with Gasteiger partial charge in [-0.3, -0.25) is 0 Å². The lowest BCUT2D eigenvalue weighted by Gasteiger charge is -2.14. The van der Waals surface area contributed by atoms with Crippen molar-refractivity contribution in [1.82, 2.24) is 0 Å². The molecule has 2 heteroatoms. The Morgan fingerprint density at radius 2 is 2.56 bits per heavy atom. The van der Waals surface area contributed by atoms with E-state index in [1.54, 1.807) is 6.08 Å². The van der Waals surface area contributed by atoms with E-state index < -0.39 is 5.60 Å². The highest BCUT2D eigenvalue weighted by atomic mass is 16.3. The number of rotatable bonds is 1. The van der Waals surface area contributed by atoms with E-state index in [9.17, 15) is 5.11 Å². The number of nitrogens with zero attached hydrogens (tertiary/aromatic N) is 1. The van der Waals surface area contributed by atoms with Crippen LogP contribution in [0.5, 0.6) is 0 Å². The largest absolute Gasteiger partial charge is 0.385 e. The molecule has 0 aliphatic heterocycles. The van der Waals surface area contributed by atoms with Crippen molar-refractivity contribution < 1.29 is 5.11 Å². The fraction of sp³-hybridized carbons (Fsp3) is 0.571. The van der Waals surface area contributed by atoms with E-state index in [1.807, 2.05) is 12.1 Å². The van der Waals surface area contributed by atoms with E-state index >= 15 is 0 Å². The van der Waals surface area contributed by atoms with Gasteiger partial charge in [0.25, 0.3) is 0 Å². The number of hydrogen-bond donors (Lipinski definition) is 1. The second kappa shape index (κ2) is 2.20. The lowest BCUT2D eigenvalue weighted by atomic mass is 10.0. The van der Waals surface area contributed by atoms with Crippen molar-refractivity contribution in [2.24, 2.45) is 0 Å². The summed E-state index contributed by atoms with van der Waals surface area (Å²) in [5.74, 6) is 0. The highest BCUT2D eigenvalue weighted by Gasteiger charge is 2.25. The Labute approximate surface area is 54.4 Å². The minimum atomic E-state index is -0.797. The highest BCUT2D eigenvalue weighted by Crippen LogP contribution is 2.24. The standard InChI is InChI=1S/C7H9NO/c8-6-5-7(9)3-1-2-4-7/h1,3,9H,2,4-5H2. The molecular weight excluding hydrogens is 114 g/mol. The van der Waals surface area contributed by atoms with Crippen LogP contribution in [0.25, 0.3) is 0 Å². The molecule has 1 rings (SSSR count). The molecule has 0 fully saturated rings. The third-order valence-corrected chi connectivity index (χ3v) is 1.56. The van der Waals surface area contributed by atoms with Gasteiger partial charge in [-0.05, 0) is 12.8 Å². The van der Waals surface area contributed by atoms with Gasteiger partial charge in [0, 0.05) is 0 Å². The Morgan fingerprint density at radius 1 is 1.78 bits per heavy atom. The summed E-state index contributed by atoms with van der Waals surface area (Å²) in [6.07, 6.45) is 5.47. The lowest BCUT2D eigenvalue weighted by Crippen LogP contribution is -2.21. The van der Waals surface area contributed by atoms with Crippen molar-refractivity contribution in [2.45, 2.75) is 24.9 Å². The molecule has 1 atom stereocenters.